The van der Waals surface area contributed by atoms with Gasteiger partial charge in [0, 0.05) is 18.5 Å². The van der Waals surface area contributed by atoms with E-state index in [9.17, 15) is 14.7 Å². The summed E-state index contributed by atoms with van der Waals surface area (Å²) < 4.78 is 10.5. The first-order valence-corrected chi connectivity index (χ1v) is 9.34. The highest BCUT2D eigenvalue weighted by atomic mass is 32.2. The highest BCUT2D eigenvalue weighted by Crippen LogP contribution is 2.28. The Morgan fingerprint density at radius 2 is 1.78 bits per heavy atom. The van der Waals surface area contributed by atoms with Gasteiger partial charge in [-0.1, -0.05) is 18.2 Å². The number of thioether (sulfide) groups is 1. The molecule has 2 aromatic carbocycles. The number of methoxy groups -OCH3 is 2. The van der Waals surface area contributed by atoms with Crippen molar-refractivity contribution < 1.29 is 24.2 Å². The van der Waals surface area contributed by atoms with Crippen LogP contribution >= 0.6 is 11.8 Å². The monoisotopic (exact) mass is 389 g/mol. The van der Waals surface area contributed by atoms with E-state index >= 15 is 0 Å². The van der Waals surface area contributed by atoms with E-state index in [1.54, 1.807) is 44.4 Å². The van der Waals surface area contributed by atoms with Crippen LogP contribution < -0.4 is 9.47 Å². The zero-order valence-corrected chi connectivity index (χ0v) is 16.4. The minimum Gasteiger partial charge on any atom is -0.493 e. The van der Waals surface area contributed by atoms with Crippen molar-refractivity contribution in [3.05, 3.63) is 53.6 Å². The molecular formula is C20H23NO5S. The van der Waals surface area contributed by atoms with Crippen molar-refractivity contribution in [2.75, 3.05) is 33.6 Å². The van der Waals surface area contributed by atoms with Crippen molar-refractivity contribution >= 4 is 23.6 Å². The van der Waals surface area contributed by atoms with E-state index in [0.29, 0.717) is 29.4 Å². The Morgan fingerprint density at radius 3 is 2.44 bits per heavy atom. The van der Waals surface area contributed by atoms with Gasteiger partial charge >= 0.3 is 5.97 Å². The Kier molecular flexibility index (Phi) is 7.55. The lowest BCUT2D eigenvalue weighted by atomic mass is 10.1. The summed E-state index contributed by atoms with van der Waals surface area (Å²) >= 11 is 1.24. The molecule has 144 valence electrons. The zero-order valence-electron chi connectivity index (χ0n) is 15.6. The molecule has 1 N–H and O–H groups in total. The third-order valence-corrected chi connectivity index (χ3v) is 5.14. The smallest absolute Gasteiger partial charge is 0.336 e. The SMILES string of the molecule is COc1ccc(CCN(C)C(=O)CSc2ccccc2C(=O)O)cc1OC. The number of benzene rings is 2. The summed E-state index contributed by atoms with van der Waals surface area (Å²) in [4.78, 5) is 25.8. The number of carboxylic acid groups (broad SMARTS) is 1. The van der Waals surface area contributed by atoms with Gasteiger partial charge in [-0.05, 0) is 36.2 Å². The molecule has 27 heavy (non-hydrogen) atoms. The molecule has 0 aliphatic heterocycles. The van der Waals surface area contributed by atoms with Crippen LogP contribution in [0.5, 0.6) is 11.5 Å². The number of carbonyl (C=O) groups is 2. The molecule has 0 unspecified atom stereocenters. The van der Waals surface area contributed by atoms with Crippen molar-refractivity contribution in [2.24, 2.45) is 0 Å². The van der Waals surface area contributed by atoms with Gasteiger partial charge in [-0.25, -0.2) is 4.79 Å². The van der Waals surface area contributed by atoms with Gasteiger partial charge in [-0.15, -0.1) is 11.8 Å². The molecule has 0 saturated carbocycles. The number of hydrogen-bond acceptors (Lipinski definition) is 5. The van der Waals surface area contributed by atoms with Gasteiger partial charge in [0.05, 0.1) is 25.5 Å². The summed E-state index contributed by atoms with van der Waals surface area (Å²) in [6, 6.07) is 12.4. The van der Waals surface area contributed by atoms with E-state index in [0.717, 1.165) is 5.56 Å². The second-order valence-electron chi connectivity index (χ2n) is 5.84. The fourth-order valence-electron chi connectivity index (χ4n) is 2.48. The summed E-state index contributed by atoms with van der Waals surface area (Å²) in [6.07, 6.45) is 0.680. The Morgan fingerprint density at radius 1 is 1.07 bits per heavy atom. The van der Waals surface area contributed by atoms with Crippen LogP contribution in [0.1, 0.15) is 15.9 Å². The van der Waals surface area contributed by atoms with Crippen LogP contribution in [0.25, 0.3) is 0 Å². The first kappa shape index (κ1) is 20.6. The summed E-state index contributed by atoms with van der Waals surface area (Å²) in [5.74, 6) is 0.462. The fourth-order valence-corrected chi connectivity index (χ4v) is 3.46. The maximum atomic E-state index is 12.4. The minimum atomic E-state index is -0.993. The number of rotatable bonds is 9. The fraction of sp³-hybridized carbons (Fsp3) is 0.300. The third kappa shape index (κ3) is 5.65. The van der Waals surface area contributed by atoms with Crippen LogP contribution in [0, 0.1) is 0 Å². The Hall–Kier alpha value is -2.67. The molecule has 0 saturated heterocycles. The van der Waals surface area contributed by atoms with Crippen LogP contribution in [-0.2, 0) is 11.2 Å². The number of carbonyl (C=O) groups excluding carboxylic acids is 1. The van der Waals surface area contributed by atoms with Crippen LogP contribution in [0.2, 0.25) is 0 Å². The molecular weight excluding hydrogens is 366 g/mol. The van der Waals surface area contributed by atoms with E-state index in [2.05, 4.69) is 0 Å². The van der Waals surface area contributed by atoms with Crippen LogP contribution in [0.15, 0.2) is 47.4 Å². The van der Waals surface area contributed by atoms with Crippen molar-refractivity contribution in [2.45, 2.75) is 11.3 Å². The van der Waals surface area contributed by atoms with Crippen molar-refractivity contribution in [1.29, 1.82) is 0 Å². The molecule has 0 aliphatic carbocycles. The molecule has 1 amide bonds. The predicted octanol–water partition coefficient (Wildman–Crippen LogP) is 3.20. The minimum absolute atomic E-state index is 0.0549. The number of carboxylic acids is 1. The van der Waals surface area contributed by atoms with E-state index < -0.39 is 5.97 Å². The highest BCUT2D eigenvalue weighted by Gasteiger charge is 2.14. The van der Waals surface area contributed by atoms with Gasteiger partial charge in [0.15, 0.2) is 11.5 Å². The second-order valence-corrected chi connectivity index (χ2v) is 6.86. The average Bonchev–Trinajstić information content (AvgIpc) is 2.69. The van der Waals surface area contributed by atoms with Gasteiger partial charge in [0.2, 0.25) is 5.91 Å². The summed E-state index contributed by atoms with van der Waals surface area (Å²) in [7, 11) is 4.92. The van der Waals surface area contributed by atoms with Gasteiger partial charge in [-0.3, -0.25) is 4.79 Å². The van der Waals surface area contributed by atoms with E-state index in [-0.39, 0.29) is 17.2 Å². The molecule has 7 heteroatoms. The molecule has 0 spiro atoms. The molecule has 0 fully saturated rings. The maximum absolute atomic E-state index is 12.4. The maximum Gasteiger partial charge on any atom is 0.336 e. The van der Waals surface area contributed by atoms with Crippen molar-refractivity contribution in [3.8, 4) is 11.5 Å². The van der Waals surface area contributed by atoms with Gasteiger partial charge in [-0.2, -0.15) is 0 Å². The molecule has 0 heterocycles. The quantitative estimate of drug-likeness (QED) is 0.664. The molecule has 0 bridgehead atoms. The Bertz CT molecular complexity index is 809. The van der Waals surface area contributed by atoms with Gasteiger partial charge < -0.3 is 19.5 Å². The molecule has 2 aromatic rings. The number of aromatic carboxylic acids is 1. The molecule has 0 radical (unpaired) electrons. The van der Waals surface area contributed by atoms with Crippen molar-refractivity contribution in [3.63, 3.8) is 0 Å². The van der Waals surface area contributed by atoms with Crippen molar-refractivity contribution in [1.82, 2.24) is 4.90 Å². The second kappa shape index (κ2) is 9.87. The standard InChI is InChI=1S/C20H23NO5S/c1-21(11-10-14-8-9-16(25-2)17(12-14)26-3)19(22)13-27-18-7-5-4-6-15(18)20(23)24/h4-9,12H,10-11,13H2,1-3H3,(H,23,24). The number of likely N-dealkylation sites (N-methyl/N-ethyl adjacent to an activating group) is 1. The first-order valence-electron chi connectivity index (χ1n) is 8.36. The average molecular weight is 389 g/mol. The largest absolute Gasteiger partial charge is 0.493 e. The van der Waals surface area contributed by atoms with Crippen LogP contribution in [0.3, 0.4) is 0 Å². The van der Waals surface area contributed by atoms with Crippen LogP contribution in [-0.4, -0.2) is 55.4 Å². The lowest BCUT2D eigenvalue weighted by Crippen LogP contribution is -2.30. The Balaban J connectivity index is 1.90. The van der Waals surface area contributed by atoms with E-state index in [4.69, 9.17) is 9.47 Å². The highest BCUT2D eigenvalue weighted by molar-refractivity contribution is 8.00. The van der Waals surface area contributed by atoms with Crippen LogP contribution in [0.4, 0.5) is 0 Å². The molecule has 2 rings (SSSR count). The molecule has 0 aromatic heterocycles. The predicted molar refractivity (Wildman–Crippen MR) is 105 cm³/mol. The third-order valence-electron chi connectivity index (χ3n) is 4.08. The number of ether oxygens (including phenoxy) is 2. The zero-order chi connectivity index (χ0) is 19.8. The summed E-state index contributed by atoms with van der Waals surface area (Å²) in [6.45, 7) is 0.551. The van der Waals surface area contributed by atoms with Gasteiger partial charge in [0.1, 0.15) is 0 Å². The van der Waals surface area contributed by atoms with E-state index in [1.165, 1.54) is 17.8 Å². The molecule has 0 atom stereocenters. The molecule has 0 aliphatic rings. The normalized spacial score (nSPS) is 10.3. The van der Waals surface area contributed by atoms with Gasteiger partial charge in [0.25, 0.3) is 0 Å². The lowest BCUT2D eigenvalue weighted by molar-refractivity contribution is -0.127. The number of nitrogens with zero attached hydrogens (tertiary/aromatic N) is 1. The summed E-state index contributed by atoms with van der Waals surface area (Å²) in [5, 5.41) is 9.20. The Labute approximate surface area is 163 Å². The summed E-state index contributed by atoms with van der Waals surface area (Å²) in [5.41, 5.74) is 1.25. The number of amides is 1. The first-order chi connectivity index (χ1) is 13.0. The molecule has 6 nitrogen and oxygen atoms in total. The number of hydrogen-bond donors (Lipinski definition) is 1. The lowest BCUT2D eigenvalue weighted by Gasteiger charge is -2.18. The van der Waals surface area contributed by atoms with E-state index in [1.807, 2.05) is 18.2 Å². The topological polar surface area (TPSA) is 76.1 Å².